The Kier molecular flexibility index (Phi) is 8.31. The van der Waals surface area contributed by atoms with Crippen LogP contribution >= 0.6 is 7.82 Å². The van der Waals surface area contributed by atoms with Gasteiger partial charge < -0.3 is 24.5 Å². The largest absolute Gasteiger partial charge is 0.466 e. The lowest BCUT2D eigenvalue weighted by atomic mass is 10.3. The summed E-state index contributed by atoms with van der Waals surface area (Å²) in [7, 11) is 1.52. The first-order valence-electron chi connectivity index (χ1n) is 4.94. The Labute approximate surface area is 102 Å². The number of carbonyl (C=O) groups excluding carboxylic acids is 1. The zero-order valence-corrected chi connectivity index (χ0v) is 11.5. The number of rotatable bonds is 4. The van der Waals surface area contributed by atoms with Gasteiger partial charge in [0.15, 0.2) is 6.17 Å². The van der Waals surface area contributed by atoms with Crippen LogP contribution in [-0.4, -0.2) is 52.4 Å². The molecule has 0 aliphatic rings. The average molecular weight is 269 g/mol. The topological polar surface area (TPSA) is 107 Å². The zero-order chi connectivity index (χ0) is 14.3. The molecule has 0 aromatic heterocycles. The molecule has 0 rings (SSSR count). The number of nitrogens with zero attached hydrogens (tertiary/aromatic N) is 1. The van der Waals surface area contributed by atoms with E-state index in [2.05, 4.69) is 40.0 Å². The van der Waals surface area contributed by atoms with E-state index < -0.39 is 7.82 Å². The second kappa shape index (κ2) is 7.58. The van der Waals surface area contributed by atoms with Crippen molar-refractivity contribution in [3.05, 3.63) is 12.7 Å². The van der Waals surface area contributed by atoms with E-state index in [-0.39, 0.29) is 12.1 Å². The predicted molar refractivity (Wildman–Crippen MR) is 64.7 cm³/mol. The SMILES string of the molecule is C=CC(=O)NC(CC)[N+](C)(C)C.O=P(O)(O)O. The fourth-order valence-corrected chi connectivity index (χ4v) is 1.07. The Morgan fingerprint density at radius 1 is 1.41 bits per heavy atom. The Morgan fingerprint density at radius 2 is 1.76 bits per heavy atom. The quantitative estimate of drug-likeness (QED) is 0.245. The highest BCUT2D eigenvalue weighted by molar-refractivity contribution is 7.45. The second-order valence-electron chi connectivity index (χ2n) is 4.27. The molecule has 0 aromatic carbocycles. The van der Waals surface area contributed by atoms with Gasteiger partial charge in [-0.15, -0.1) is 0 Å². The van der Waals surface area contributed by atoms with Crippen LogP contribution in [0.2, 0.25) is 0 Å². The van der Waals surface area contributed by atoms with Crippen LogP contribution in [0.4, 0.5) is 0 Å². The van der Waals surface area contributed by atoms with Gasteiger partial charge in [0.25, 0.3) is 0 Å². The second-order valence-corrected chi connectivity index (χ2v) is 5.29. The number of phosphoric acid groups is 1. The molecule has 0 saturated carbocycles. The van der Waals surface area contributed by atoms with Crippen molar-refractivity contribution in [2.24, 2.45) is 0 Å². The molecule has 0 aliphatic heterocycles. The van der Waals surface area contributed by atoms with E-state index in [4.69, 9.17) is 19.2 Å². The van der Waals surface area contributed by atoms with E-state index in [1.165, 1.54) is 6.08 Å². The molecule has 4 N–H and O–H groups in total. The van der Waals surface area contributed by atoms with Gasteiger partial charge in [0.1, 0.15) is 0 Å². The van der Waals surface area contributed by atoms with Crippen molar-refractivity contribution >= 4 is 13.7 Å². The van der Waals surface area contributed by atoms with Gasteiger partial charge in [-0.2, -0.15) is 0 Å². The van der Waals surface area contributed by atoms with Crippen molar-refractivity contribution in [1.29, 1.82) is 0 Å². The third-order valence-corrected chi connectivity index (χ3v) is 1.82. The van der Waals surface area contributed by atoms with Crippen molar-refractivity contribution in [3.63, 3.8) is 0 Å². The highest BCUT2D eigenvalue weighted by Crippen LogP contribution is 2.25. The monoisotopic (exact) mass is 269 g/mol. The van der Waals surface area contributed by atoms with Crippen LogP contribution in [-0.2, 0) is 9.36 Å². The van der Waals surface area contributed by atoms with Crippen LogP contribution in [0, 0.1) is 0 Å². The highest BCUT2D eigenvalue weighted by Gasteiger charge is 2.22. The lowest BCUT2D eigenvalue weighted by Gasteiger charge is -2.33. The lowest BCUT2D eigenvalue weighted by Crippen LogP contribution is -2.54. The molecule has 0 aromatic rings. The van der Waals surface area contributed by atoms with E-state index >= 15 is 0 Å². The van der Waals surface area contributed by atoms with Crippen molar-refractivity contribution in [3.8, 4) is 0 Å². The molecule has 1 unspecified atom stereocenters. The first-order chi connectivity index (χ1) is 7.41. The maximum atomic E-state index is 11.0. The van der Waals surface area contributed by atoms with Crippen molar-refractivity contribution in [2.45, 2.75) is 19.5 Å². The summed E-state index contributed by atoms with van der Waals surface area (Å²) in [6.45, 7) is 5.46. The lowest BCUT2D eigenvalue weighted by molar-refractivity contribution is -0.898. The fourth-order valence-electron chi connectivity index (χ4n) is 1.07. The van der Waals surface area contributed by atoms with Gasteiger partial charge in [-0.3, -0.25) is 4.79 Å². The molecule has 102 valence electrons. The maximum Gasteiger partial charge on any atom is 0.466 e. The number of quaternary nitrogens is 1. The smallest absolute Gasteiger partial charge is 0.311 e. The first-order valence-corrected chi connectivity index (χ1v) is 6.50. The predicted octanol–water partition coefficient (Wildman–Crippen LogP) is -0.198. The molecular formula is C9H22N2O5P+. The van der Waals surface area contributed by atoms with Gasteiger partial charge in [0, 0.05) is 6.42 Å². The van der Waals surface area contributed by atoms with Crippen molar-refractivity contribution < 1.29 is 28.5 Å². The maximum absolute atomic E-state index is 11.0. The van der Waals surface area contributed by atoms with Gasteiger partial charge in [-0.05, 0) is 6.08 Å². The van der Waals surface area contributed by atoms with E-state index in [9.17, 15) is 4.79 Å². The summed E-state index contributed by atoms with van der Waals surface area (Å²) in [5, 5.41) is 2.87. The molecule has 1 atom stereocenters. The van der Waals surface area contributed by atoms with Crippen LogP contribution in [0.1, 0.15) is 13.3 Å². The summed E-state index contributed by atoms with van der Waals surface area (Å²) in [6, 6.07) is 0. The first kappa shape index (κ1) is 18.6. The Balaban J connectivity index is 0. The van der Waals surface area contributed by atoms with Crippen LogP contribution in [0.5, 0.6) is 0 Å². The van der Waals surface area contributed by atoms with Gasteiger partial charge in [-0.1, -0.05) is 13.5 Å². The summed E-state index contributed by atoms with van der Waals surface area (Å²) in [4.78, 5) is 32.6. The molecule has 0 heterocycles. The molecule has 7 nitrogen and oxygen atoms in total. The van der Waals surface area contributed by atoms with Crippen molar-refractivity contribution in [2.75, 3.05) is 21.1 Å². The summed E-state index contributed by atoms with van der Waals surface area (Å²) in [5.41, 5.74) is 0. The number of amides is 1. The number of carbonyl (C=O) groups is 1. The summed E-state index contributed by atoms with van der Waals surface area (Å²) < 4.78 is 9.61. The third kappa shape index (κ3) is 15.3. The number of hydrogen-bond donors (Lipinski definition) is 4. The minimum Gasteiger partial charge on any atom is -0.311 e. The molecule has 1 amide bonds. The highest BCUT2D eigenvalue weighted by atomic mass is 31.2. The van der Waals surface area contributed by atoms with E-state index in [1.807, 2.05) is 0 Å². The van der Waals surface area contributed by atoms with E-state index in [0.717, 1.165) is 10.9 Å². The van der Waals surface area contributed by atoms with Crippen LogP contribution in [0.25, 0.3) is 0 Å². The summed E-state index contributed by atoms with van der Waals surface area (Å²) in [5.74, 6) is -0.102. The van der Waals surface area contributed by atoms with Crippen molar-refractivity contribution in [1.82, 2.24) is 5.32 Å². The molecule has 8 heteroatoms. The van der Waals surface area contributed by atoms with Gasteiger partial charge in [0.05, 0.1) is 21.1 Å². The van der Waals surface area contributed by atoms with Crippen LogP contribution < -0.4 is 5.32 Å². The molecule has 17 heavy (non-hydrogen) atoms. The van der Waals surface area contributed by atoms with Crippen LogP contribution in [0.15, 0.2) is 12.7 Å². The molecule has 0 aliphatic carbocycles. The zero-order valence-electron chi connectivity index (χ0n) is 10.6. The van der Waals surface area contributed by atoms with Gasteiger partial charge in [-0.25, -0.2) is 4.57 Å². The summed E-state index contributed by atoms with van der Waals surface area (Å²) in [6.07, 6.45) is 2.39. The number of nitrogens with one attached hydrogen (secondary N) is 1. The Hall–Kier alpha value is -0.720. The van der Waals surface area contributed by atoms with Gasteiger partial charge in [0.2, 0.25) is 5.91 Å². The molecule has 0 bridgehead atoms. The Morgan fingerprint density at radius 3 is 1.94 bits per heavy atom. The fraction of sp³-hybridized carbons (Fsp3) is 0.667. The molecule has 0 spiro atoms. The molecule has 0 saturated heterocycles. The number of hydrogen-bond acceptors (Lipinski definition) is 2. The Bertz CT molecular complexity index is 286. The minimum absolute atomic E-state index is 0.102. The summed E-state index contributed by atoms with van der Waals surface area (Å²) >= 11 is 0. The van der Waals surface area contributed by atoms with Crippen LogP contribution in [0.3, 0.4) is 0 Å². The van der Waals surface area contributed by atoms with E-state index in [1.54, 1.807) is 0 Å². The standard InChI is InChI=1S/C9H18N2O.H3O4P/c1-6-8(11(3,4)5)10-9(12)7-2;1-5(2,3)4/h7-8H,2,6H2,1,3-5H3;(H3,1,2,3,4)/p+1. The molecule has 0 radical (unpaired) electrons. The van der Waals surface area contributed by atoms with E-state index in [0.29, 0.717) is 0 Å². The molecule has 0 fully saturated rings. The average Bonchev–Trinajstić information content (AvgIpc) is 2.08. The minimum atomic E-state index is -4.64. The third-order valence-electron chi connectivity index (χ3n) is 1.82. The normalized spacial score (nSPS) is 13.1. The van der Waals surface area contributed by atoms with Gasteiger partial charge >= 0.3 is 7.82 Å². The molecular weight excluding hydrogens is 247 g/mol.